The van der Waals surface area contributed by atoms with Crippen molar-refractivity contribution < 1.29 is 9.47 Å². The maximum atomic E-state index is 5.86. The Hall–Kier alpha value is -3.08. The molecule has 0 aliphatic heterocycles. The highest BCUT2D eigenvalue weighted by atomic mass is 32.2. The number of ether oxygens (including phenoxy) is 2. The SMILES string of the molecule is COc1c2ccccc2c(OC)c2cc(Sc3ccc(Sc4ccc(C)cc4)cc3)ccc12. The highest BCUT2D eigenvalue weighted by Crippen LogP contribution is 2.44. The van der Waals surface area contributed by atoms with E-state index in [1.165, 1.54) is 20.2 Å². The molecule has 0 fully saturated rings. The van der Waals surface area contributed by atoms with Gasteiger partial charge in [-0.05, 0) is 61.5 Å². The number of methoxy groups -OCH3 is 2. The first-order valence-electron chi connectivity index (χ1n) is 10.7. The largest absolute Gasteiger partial charge is 0.495 e. The summed E-state index contributed by atoms with van der Waals surface area (Å²) in [6.07, 6.45) is 0. The Morgan fingerprint density at radius 3 is 1.45 bits per heavy atom. The van der Waals surface area contributed by atoms with Crippen LogP contribution in [0.25, 0.3) is 21.5 Å². The molecule has 5 aromatic rings. The predicted molar refractivity (Wildman–Crippen MR) is 140 cm³/mol. The average Bonchev–Trinajstić information content (AvgIpc) is 2.85. The minimum absolute atomic E-state index is 0.883. The summed E-state index contributed by atoms with van der Waals surface area (Å²) >= 11 is 3.54. The zero-order chi connectivity index (χ0) is 22.8. The molecule has 0 unspecified atom stereocenters. The van der Waals surface area contributed by atoms with Crippen LogP contribution >= 0.6 is 23.5 Å². The fourth-order valence-corrected chi connectivity index (χ4v) is 5.71. The van der Waals surface area contributed by atoms with Crippen LogP contribution in [-0.2, 0) is 0 Å². The highest BCUT2D eigenvalue weighted by Gasteiger charge is 2.15. The zero-order valence-electron chi connectivity index (χ0n) is 18.8. The molecule has 0 amide bonds. The molecule has 0 aromatic heterocycles. The molecule has 0 radical (unpaired) electrons. The molecule has 4 heteroatoms. The van der Waals surface area contributed by atoms with Crippen molar-refractivity contribution in [1.29, 1.82) is 0 Å². The van der Waals surface area contributed by atoms with Crippen molar-refractivity contribution in [2.45, 2.75) is 26.5 Å². The number of fused-ring (bicyclic) bond motifs is 2. The first-order chi connectivity index (χ1) is 16.2. The van der Waals surface area contributed by atoms with Crippen LogP contribution in [-0.4, -0.2) is 14.2 Å². The number of aryl methyl sites for hydroxylation is 1. The Labute approximate surface area is 202 Å². The summed E-state index contributed by atoms with van der Waals surface area (Å²) in [5.41, 5.74) is 1.28. The second-order valence-corrected chi connectivity index (χ2v) is 10.1. The monoisotopic (exact) mass is 468 g/mol. The van der Waals surface area contributed by atoms with Crippen LogP contribution in [0.2, 0.25) is 0 Å². The standard InChI is InChI=1S/C29H24O2S2/c1-19-8-10-20(11-9-19)32-21-12-14-22(15-13-21)33-23-16-17-26-27(18-23)29(31-3)25-7-5-4-6-24(25)28(26)30-2/h4-18H,1-3H3. The van der Waals surface area contributed by atoms with Crippen LogP contribution in [0, 0.1) is 6.92 Å². The van der Waals surface area contributed by atoms with Gasteiger partial charge in [0, 0.05) is 41.1 Å². The minimum Gasteiger partial charge on any atom is -0.495 e. The first-order valence-corrected chi connectivity index (χ1v) is 12.4. The van der Waals surface area contributed by atoms with E-state index in [9.17, 15) is 0 Å². The molecule has 0 N–H and O–H groups in total. The van der Waals surface area contributed by atoms with E-state index in [4.69, 9.17) is 9.47 Å². The molecule has 5 aromatic carbocycles. The lowest BCUT2D eigenvalue weighted by molar-refractivity contribution is 0.417. The molecule has 5 rings (SSSR count). The fourth-order valence-electron chi connectivity index (χ4n) is 4.04. The van der Waals surface area contributed by atoms with Crippen LogP contribution in [0.5, 0.6) is 11.5 Å². The van der Waals surface area contributed by atoms with E-state index in [2.05, 4.69) is 85.8 Å². The molecular formula is C29H24O2S2. The molecule has 0 saturated heterocycles. The van der Waals surface area contributed by atoms with E-state index >= 15 is 0 Å². The Kier molecular flexibility index (Phi) is 6.21. The molecule has 0 atom stereocenters. The van der Waals surface area contributed by atoms with Crippen molar-refractivity contribution in [3.05, 3.63) is 96.6 Å². The number of hydrogen-bond acceptors (Lipinski definition) is 4. The van der Waals surface area contributed by atoms with Crippen LogP contribution in [0.4, 0.5) is 0 Å². The van der Waals surface area contributed by atoms with E-state index in [1.807, 2.05) is 12.1 Å². The molecule has 164 valence electrons. The number of benzene rings is 5. The maximum absolute atomic E-state index is 5.86. The topological polar surface area (TPSA) is 18.5 Å². The lowest BCUT2D eigenvalue weighted by atomic mass is 10.0. The van der Waals surface area contributed by atoms with Gasteiger partial charge in [-0.1, -0.05) is 65.5 Å². The van der Waals surface area contributed by atoms with Gasteiger partial charge in [0.25, 0.3) is 0 Å². The van der Waals surface area contributed by atoms with Crippen molar-refractivity contribution in [3.63, 3.8) is 0 Å². The quantitative estimate of drug-likeness (QED) is 0.232. The van der Waals surface area contributed by atoms with Crippen LogP contribution in [0.1, 0.15) is 5.56 Å². The van der Waals surface area contributed by atoms with Gasteiger partial charge in [0.2, 0.25) is 0 Å². The summed E-state index contributed by atoms with van der Waals surface area (Å²) < 4.78 is 11.7. The van der Waals surface area contributed by atoms with Crippen LogP contribution in [0.3, 0.4) is 0 Å². The normalized spacial score (nSPS) is 11.1. The molecule has 33 heavy (non-hydrogen) atoms. The first kappa shape index (κ1) is 21.7. The third-order valence-corrected chi connectivity index (χ3v) is 7.63. The van der Waals surface area contributed by atoms with Gasteiger partial charge in [-0.2, -0.15) is 0 Å². The summed E-state index contributed by atoms with van der Waals surface area (Å²) in [5, 5.41) is 4.24. The Morgan fingerprint density at radius 1 is 0.485 bits per heavy atom. The maximum Gasteiger partial charge on any atom is 0.134 e. The second-order valence-electron chi connectivity index (χ2n) is 7.81. The van der Waals surface area contributed by atoms with Crippen LogP contribution in [0.15, 0.2) is 111 Å². The summed E-state index contributed by atoms with van der Waals surface area (Å²) in [6.45, 7) is 2.11. The van der Waals surface area contributed by atoms with Crippen molar-refractivity contribution in [2.24, 2.45) is 0 Å². The summed E-state index contributed by atoms with van der Waals surface area (Å²) in [6, 6.07) is 32.1. The third kappa shape index (κ3) is 4.41. The average molecular weight is 469 g/mol. The molecule has 0 heterocycles. The lowest BCUT2D eigenvalue weighted by Gasteiger charge is -2.15. The van der Waals surface area contributed by atoms with Crippen molar-refractivity contribution in [3.8, 4) is 11.5 Å². The van der Waals surface area contributed by atoms with Crippen molar-refractivity contribution >= 4 is 45.1 Å². The van der Waals surface area contributed by atoms with E-state index in [1.54, 1.807) is 37.7 Å². The highest BCUT2D eigenvalue weighted by molar-refractivity contribution is 7.99. The molecule has 0 saturated carbocycles. The van der Waals surface area contributed by atoms with Gasteiger partial charge in [0.15, 0.2) is 0 Å². The molecule has 0 aliphatic rings. The van der Waals surface area contributed by atoms with Gasteiger partial charge < -0.3 is 9.47 Å². The van der Waals surface area contributed by atoms with Gasteiger partial charge in [-0.3, -0.25) is 0 Å². The van der Waals surface area contributed by atoms with Crippen molar-refractivity contribution in [2.75, 3.05) is 14.2 Å². The lowest BCUT2D eigenvalue weighted by Crippen LogP contribution is -1.93. The molecule has 0 aliphatic carbocycles. The fraction of sp³-hybridized carbons (Fsp3) is 0.103. The van der Waals surface area contributed by atoms with E-state index in [0.29, 0.717) is 0 Å². The second kappa shape index (κ2) is 9.42. The Balaban J connectivity index is 1.45. The summed E-state index contributed by atoms with van der Waals surface area (Å²) in [7, 11) is 3.46. The number of rotatable bonds is 6. The zero-order valence-corrected chi connectivity index (χ0v) is 20.4. The van der Waals surface area contributed by atoms with E-state index in [-0.39, 0.29) is 0 Å². The molecule has 2 nitrogen and oxygen atoms in total. The van der Waals surface area contributed by atoms with Crippen molar-refractivity contribution in [1.82, 2.24) is 0 Å². The van der Waals surface area contributed by atoms with E-state index < -0.39 is 0 Å². The van der Waals surface area contributed by atoms with Gasteiger partial charge in [0.05, 0.1) is 14.2 Å². The molecule has 0 spiro atoms. The van der Waals surface area contributed by atoms with Gasteiger partial charge in [-0.25, -0.2) is 0 Å². The third-order valence-electron chi connectivity index (χ3n) is 5.62. The summed E-state index contributed by atoms with van der Waals surface area (Å²) in [5.74, 6) is 1.77. The Bertz CT molecular complexity index is 1430. The van der Waals surface area contributed by atoms with Gasteiger partial charge in [0.1, 0.15) is 11.5 Å². The summed E-state index contributed by atoms with van der Waals surface area (Å²) in [4.78, 5) is 4.86. The molecular weight excluding hydrogens is 444 g/mol. The smallest absolute Gasteiger partial charge is 0.134 e. The minimum atomic E-state index is 0.883. The Morgan fingerprint density at radius 2 is 0.909 bits per heavy atom. The van der Waals surface area contributed by atoms with Gasteiger partial charge in [-0.15, -0.1) is 0 Å². The van der Waals surface area contributed by atoms with Gasteiger partial charge >= 0.3 is 0 Å². The number of hydrogen-bond donors (Lipinski definition) is 0. The molecule has 0 bridgehead atoms. The van der Waals surface area contributed by atoms with Crippen LogP contribution < -0.4 is 9.47 Å². The predicted octanol–water partition coefficient (Wildman–Crippen LogP) is 8.62. The van der Waals surface area contributed by atoms with E-state index in [0.717, 1.165) is 37.9 Å².